The molecule has 0 bridgehead atoms. The van der Waals surface area contributed by atoms with Crippen LogP contribution < -0.4 is 9.47 Å². The fourth-order valence-corrected chi connectivity index (χ4v) is 4.00. The lowest BCUT2D eigenvalue weighted by molar-refractivity contribution is -0.0191. The Morgan fingerprint density at radius 1 is 1.00 bits per heavy atom. The first-order valence-corrected chi connectivity index (χ1v) is 9.42. The van der Waals surface area contributed by atoms with Crippen molar-refractivity contribution in [3.05, 3.63) is 83.4 Å². The van der Waals surface area contributed by atoms with Gasteiger partial charge in [0.2, 0.25) is 6.23 Å². The van der Waals surface area contributed by atoms with Crippen LogP contribution in [0.5, 0.6) is 23.0 Å². The number of ether oxygens (including phenoxy) is 2. The standard InChI is InChI=1S/C23H20N2O4/c1-28-22-11-10-14(12-20(22)27)23-25-18(16-7-3-5-9-21(16)29-23)13-17(24-25)15-6-2-4-8-19(15)26/h2-12,18,23,26-27H,13H2,1H3/t18-,23-/m0/s1. The second-order valence-electron chi connectivity index (χ2n) is 7.10. The number of methoxy groups -OCH3 is 1. The van der Waals surface area contributed by atoms with Gasteiger partial charge in [-0.1, -0.05) is 30.3 Å². The van der Waals surface area contributed by atoms with E-state index in [0.29, 0.717) is 12.2 Å². The van der Waals surface area contributed by atoms with E-state index in [1.54, 1.807) is 24.3 Å². The monoisotopic (exact) mass is 388 g/mol. The van der Waals surface area contributed by atoms with Crippen LogP contribution in [0.4, 0.5) is 0 Å². The van der Waals surface area contributed by atoms with E-state index in [4.69, 9.17) is 14.6 Å². The topological polar surface area (TPSA) is 74.5 Å². The molecule has 0 saturated heterocycles. The van der Waals surface area contributed by atoms with Crippen LogP contribution in [0.3, 0.4) is 0 Å². The number of benzene rings is 3. The fraction of sp³-hybridized carbons (Fsp3) is 0.174. The highest BCUT2D eigenvalue weighted by Gasteiger charge is 2.41. The fourth-order valence-electron chi connectivity index (χ4n) is 4.00. The maximum atomic E-state index is 10.3. The van der Waals surface area contributed by atoms with E-state index in [1.165, 1.54) is 7.11 Å². The Labute approximate surface area is 168 Å². The summed E-state index contributed by atoms with van der Waals surface area (Å²) in [6.45, 7) is 0. The van der Waals surface area contributed by atoms with Gasteiger partial charge in [0, 0.05) is 23.1 Å². The van der Waals surface area contributed by atoms with Gasteiger partial charge in [-0.05, 0) is 36.4 Å². The van der Waals surface area contributed by atoms with Crippen LogP contribution in [0.2, 0.25) is 0 Å². The van der Waals surface area contributed by atoms with E-state index in [0.717, 1.165) is 28.2 Å². The highest BCUT2D eigenvalue weighted by Crippen LogP contribution is 2.48. The largest absolute Gasteiger partial charge is 0.507 e. The maximum Gasteiger partial charge on any atom is 0.214 e. The van der Waals surface area contributed by atoms with Crippen molar-refractivity contribution in [1.82, 2.24) is 5.01 Å². The van der Waals surface area contributed by atoms with Crippen LogP contribution in [0.15, 0.2) is 71.8 Å². The minimum atomic E-state index is -0.505. The van der Waals surface area contributed by atoms with Gasteiger partial charge < -0.3 is 19.7 Å². The molecule has 0 aromatic heterocycles. The van der Waals surface area contributed by atoms with Gasteiger partial charge in [-0.3, -0.25) is 0 Å². The smallest absolute Gasteiger partial charge is 0.214 e. The Hall–Kier alpha value is -3.67. The number of aromatic hydroxyl groups is 2. The lowest BCUT2D eigenvalue weighted by atomic mass is 9.95. The summed E-state index contributed by atoms with van der Waals surface area (Å²) in [6, 6.07) is 20.3. The molecule has 2 atom stereocenters. The maximum absolute atomic E-state index is 10.3. The number of hydrogen-bond donors (Lipinski definition) is 2. The van der Waals surface area contributed by atoms with E-state index in [9.17, 15) is 10.2 Å². The summed E-state index contributed by atoms with van der Waals surface area (Å²) in [7, 11) is 1.52. The molecular formula is C23H20N2O4. The summed E-state index contributed by atoms with van der Waals surface area (Å²) >= 11 is 0. The molecule has 6 nitrogen and oxygen atoms in total. The Morgan fingerprint density at radius 3 is 2.59 bits per heavy atom. The molecule has 0 fully saturated rings. The molecule has 29 heavy (non-hydrogen) atoms. The summed E-state index contributed by atoms with van der Waals surface area (Å²) in [5.74, 6) is 1.45. The molecule has 0 aliphatic carbocycles. The van der Waals surface area contributed by atoms with E-state index in [2.05, 4.69) is 0 Å². The number of fused-ring (bicyclic) bond motifs is 3. The highest BCUT2D eigenvalue weighted by molar-refractivity contribution is 6.04. The van der Waals surface area contributed by atoms with E-state index < -0.39 is 6.23 Å². The number of para-hydroxylation sites is 2. The molecule has 0 radical (unpaired) electrons. The highest BCUT2D eigenvalue weighted by atomic mass is 16.5. The first kappa shape index (κ1) is 17.4. The lowest BCUT2D eigenvalue weighted by Crippen LogP contribution is -2.33. The molecule has 5 rings (SSSR count). The average Bonchev–Trinajstić information content (AvgIpc) is 3.19. The SMILES string of the molecule is COc1ccc([C@@H]2Oc3ccccc3[C@@H]3CC(c4ccccc4O)=NN32)cc1O. The Balaban J connectivity index is 1.60. The van der Waals surface area contributed by atoms with Crippen molar-refractivity contribution in [2.45, 2.75) is 18.7 Å². The van der Waals surface area contributed by atoms with Crippen LogP contribution in [0.1, 0.15) is 35.4 Å². The predicted molar refractivity (Wildman–Crippen MR) is 108 cm³/mol. The molecule has 2 aliphatic heterocycles. The molecule has 3 aromatic carbocycles. The predicted octanol–water partition coefficient (Wildman–Crippen LogP) is 4.35. The van der Waals surface area contributed by atoms with Crippen LogP contribution in [-0.2, 0) is 0 Å². The van der Waals surface area contributed by atoms with Gasteiger partial charge in [0.1, 0.15) is 11.5 Å². The summed E-state index contributed by atoms with van der Waals surface area (Å²) in [4.78, 5) is 0. The zero-order valence-electron chi connectivity index (χ0n) is 15.8. The van der Waals surface area contributed by atoms with Crippen molar-refractivity contribution in [1.29, 1.82) is 0 Å². The second kappa shape index (κ2) is 6.74. The Bertz CT molecular complexity index is 1110. The van der Waals surface area contributed by atoms with Gasteiger partial charge in [0.25, 0.3) is 0 Å². The lowest BCUT2D eigenvalue weighted by Gasteiger charge is -2.38. The van der Waals surface area contributed by atoms with Gasteiger partial charge in [-0.25, -0.2) is 5.01 Å². The summed E-state index contributed by atoms with van der Waals surface area (Å²) in [6.07, 6.45) is 0.145. The molecule has 2 aliphatic rings. The van der Waals surface area contributed by atoms with Crippen molar-refractivity contribution < 1.29 is 19.7 Å². The van der Waals surface area contributed by atoms with Gasteiger partial charge >= 0.3 is 0 Å². The third-order valence-electron chi connectivity index (χ3n) is 5.40. The third-order valence-corrected chi connectivity index (χ3v) is 5.40. The second-order valence-corrected chi connectivity index (χ2v) is 7.10. The molecular weight excluding hydrogens is 368 g/mol. The number of nitrogens with zero attached hydrogens (tertiary/aromatic N) is 2. The summed E-state index contributed by atoms with van der Waals surface area (Å²) < 4.78 is 11.4. The quantitative estimate of drug-likeness (QED) is 0.698. The molecule has 3 aromatic rings. The van der Waals surface area contributed by atoms with Crippen LogP contribution in [0, 0.1) is 0 Å². The van der Waals surface area contributed by atoms with E-state index in [1.807, 2.05) is 47.5 Å². The van der Waals surface area contributed by atoms with Crippen molar-refractivity contribution in [3.63, 3.8) is 0 Å². The zero-order chi connectivity index (χ0) is 20.0. The number of phenolic OH excluding ortho intramolecular Hbond substituents is 2. The molecule has 2 N–H and O–H groups in total. The molecule has 6 heteroatoms. The minimum Gasteiger partial charge on any atom is -0.507 e. The molecule has 2 heterocycles. The number of rotatable bonds is 3. The van der Waals surface area contributed by atoms with Crippen LogP contribution >= 0.6 is 0 Å². The molecule has 0 spiro atoms. The number of phenols is 2. The van der Waals surface area contributed by atoms with Crippen molar-refractivity contribution in [2.75, 3.05) is 7.11 Å². The van der Waals surface area contributed by atoms with Crippen molar-refractivity contribution in [2.24, 2.45) is 5.10 Å². The Kier molecular flexibility index (Phi) is 4.05. The van der Waals surface area contributed by atoms with Gasteiger partial charge in [-0.2, -0.15) is 5.10 Å². The van der Waals surface area contributed by atoms with Gasteiger partial charge in [0.05, 0.1) is 18.9 Å². The van der Waals surface area contributed by atoms with Gasteiger partial charge in [-0.15, -0.1) is 0 Å². The number of hydrazone groups is 1. The van der Waals surface area contributed by atoms with Crippen molar-refractivity contribution in [3.8, 4) is 23.0 Å². The zero-order valence-corrected chi connectivity index (χ0v) is 15.8. The van der Waals surface area contributed by atoms with E-state index in [-0.39, 0.29) is 17.5 Å². The first-order valence-electron chi connectivity index (χ1n) is 9.42. The van der Waals surface area contributed by atoms with Crippen LogP contribution in [0.25, 0.3) is 0 Å². The molecule has 0 amide bonds. The van der Waals surface area contributed by atoms with Crippen LogP contribution in [-0.4, -0.2) is 28.0 Å². The van der Waals surface area contributed by atoms with E-state index >= 15 is 0 Å². The average molecular weight is 388 g/mol. The molecule has 0 saturated carbocycles. The molecule has 0 unspecified atom stereocenters. The van der Waals surface area contributed by atoms with Crippen molar-refractivity contribution >= 4 is 5.71 Å². The minimum absolute atomic E-state index is 0.0243. The summed E-state index contributed by atoms with van der Waals surface area (Å²) in [5, 5.41) is 27.3. The molecule has 146 valence electrons. The van der Waals surface area contributed by atoms with Gasteiger partial charge in [0.15, 0.2) is 11.5 Å². The first-order chi connectivity index (χ1) is 14.2. The Morgan fingerprint density at radius 2 is 1.79 bits per heavy atom. The normalized spacial score (nSPS) is 19.8. The number of hydrogen-bond acceptors (Lipinski definition) is 6. The summed E-state index contributed by atoms with van der Waals surface area (Å²) in [5.41, 5.74) is 3.34. The third kappa shape index (κ3) is 2.84.